The first-order valence-corrected chi connectivity index (χ1v) is 9.34. The van der Waals surface area contributed by atoms with Crippen LogP contribution in [0.3, 0.4) is 0 Å². The average molecular weight is 278 g/mol. The van der Waals surface area contributed by atoms with Crippen LogP contribution >= 0.6 is 0 Å². The number of hydrogen-bond acceptors (Lipinski definition) is 2. The fourth-order valence-corrected chi connectivity index (χ4v) is 4.93. The molecule has 2 aliphatic carbocycles. The number of piperidine rings is 1. The molecule has 0 amide bonds. The smallest absolute Gasteiger partial charge is 0.0113 e. The van der Waals surface area contributed by atoms with Crippen molar-refractivity contribution in [1.82, 2.24) is 10.6 Å². The van der Waals surface area contributed by atoms with Crippen molar-refractivity contribution in [1.29, 1.82) is 0 Å². The van der Waals surface area contributed by atoms with Gasteiger partial charge in [-0.15, -0.1) is 0 Å². The second kappa shape index (κ2) is 7.26. The Balaban J connectivity index is 1.59. The van der Waals surface area contributed by atoms with Crippen LogP contribution in [-0.4, -0.2) is 24.7 Å². The van der Waals surface area contributed by atoms with Gasteiger partial charge >= 0.3 is 0 Å². The van der Waals surface area contributed by atoms with E-state index in [0.29, 0.717) is 0 Å². The second-order valence-corrected chi connectivity index (χ2v) is 7.65. The van der Waals surface area contributed by atoms with Crippen LogP contribution in [0.25, 0.3) is 0 Å². The lowest BCUT2D eigenvalue weighted by molar-refractivity contribution is 0.149. The minimum atomic E-state index is 0.796. The van der Waals surface area contributed by atoms with Crippen molar-refractivity contribution in [2.75, 3.05) is 6.54 Å². The van der Waals surface area contributed by atoms with Gasteiger partial charge in [-0.25, -0.2) is 0 Å². The molecule has 0 aromatic rings. The van der Waals surface area contributed by atoms with E-state index < -0.39 is 0 Å². The predicted octanol–water partition coefficient (Wildman–Crippen LogP) is 3.86. The van der Waals surface area contributed by atoms with Crippen LogP contribution in [0.1, 0.15) is 77.6 Å². The van der Waals surface area contributed by atoms with E-state index in [1.165, 1.54) is 77.2 Å². The van der Waals surface area contributed by atoms with E-state index in [-0.39, 0.29) is 0 Å². The van der Waals surface area contributed by atoms with Crippen LogP contribution < -0.4 is 10.6 Å². The summed E-state index contributed by atoms with van der Waals surface area (Å²) in [5.41, 5.74) is 0. The Morgan fingerprint density at radius 2 is 1.45 bits per heavy atom. The molecule has 1 heterocycles. The Bertz CT molecular complexity index is 285. The molecular formula is C18H34N2. The van der Waals surface area contributed by atoms with E-state index in [2.05, 4.69) is 17.6 Å². The van der Waals surface area contributed by atoms with Gasteiger partial charge in [0.05, 0.1) is 0 Å². The van der Waals surface area contributed by atoms with Crippen LogP contribution in [0, 0.1) is 11.8 Å². The zero-order valence-electron chi connectivity index (χ0n) is 13.4. The Hall–Kier alpha value is -0.0800. The maximum Gasteiger partial charge on any atom is 0.0113 e. The molecule has 2 saturated carbocycles. The van der Waals surface area contributed by atoms with Gasteiger partial charge in [-0.05, 0) is 56.9 Å². The topological polar surface area (TPSA) is 24.1 Å². The lowest BCUT2D eigenvalue weighted by Gasteiger charge is -2.43. The third-order valence-electron chi connectivity index (χ3n) is 6.22. The standard InChI is InChI=1S/C18H34N2/c1-14-8-2-4-10-16(14)20-18-12-5-3-9-15(18)17-11-6-7-13-19-17/h14-20H,2-13H2,1H3. The maximum atomic E-state index is 4.11. The van der Waals surface area contributed by atoms with Crippen molar-refractivity contribution >= 4 is 0 Å². The highest BCUT2D eigenvalue weighted by Crippen LogP contribution is 2.33. The van der Waals surface area contributed by atoms with Gasteiger partial charge in [-0.1, -0.05) is 39.0 Å². The molecule has 3 fully saturated rings. The van der Waals surface area contributed by atoms with Crippen molar-refractivity contribution in [3.8, 4) is 0 Å². The molecule has 1 saturated heterocycles. The maximum absolute atomic E-state index is 4.11. The number of nitrogens with one attached hydrogen (secondary N) is 2. The van der Waals surface area contributed by atoms with Crippen molar-refractivity contribution < 1.29 is 0 Å². The summed E-state index contributed by atoms with van der Waals surface area (Å²) in [6, 6.07) is 2.41. The first kappa shape index (κ1) is 14.8. The quantitative estimate of drug-likeness (QED) is 0.819. The monoisotopic (exact) mass is 278 g/mol. The summed E-state index contributed by atoms with van der Waals surface area (Å²) >= 11 is 0. The molecule has 3 rings (SSSR count). The predicted molar refractivity (Wildman–Crippen MR) is 85.9 cm³/mol. The van der Waals surface area contributed by atoms with Gasteiger partial charge in [0.15, 0.2) is 0 Å². The number of rotatable bonds is 3. The molecule has 0 radical (unpaired) electrons. The van der Waals surface area contributed by atoms with Gasteiger partial charge in [0.25, 0.3) is 0 Å². The van der Waals surface area contributed by atoms with Crippen molar-refractivity contribution in [2.45, 2.75) is 95.7 Å². The normalized spacial score (nSPS) is 43.4. The van der Waals surface area contributed by atoms with Gasteiger partial charge < -0.3 is 10.6 Å². The summed E-state index contributed by atoms with van der Waals surface area (Å²) in [4.78, 5) is 0. The number of hydrogen-bond donors (Lipinski definition) is 2. The molecule has 116 valence electrons. The molecule has 0 aromatic carbocycles. The van der Waals surface area contributed by atoms with Crippen molar-refractivity contribution in [3.63, 3.8) is 0 Å². The van der Waals surface area contributed by atoms with Crippen molar-refractivity contribution in [2.24, 2.45) is 11.8 Å². The van der Waals surface area contributed by atoms with Gasteiger partial charge in [0.1, 0.15) is 0 Å². The molecule has 5 unspecified atom stereocenters. The van der Waals surface area contributed by atoms with Crippen LogP contribution in [-0.2, 0) is 0 Å². The fraction of sp³-hybridized carbons (Fsp3) is 1.00. The highest BCUT2D eigenvalue weighted by Gasteiger charge is 2.34. The molecule has 0 spiro atoms. The van der Waals surface area contributed by atoms with E-state index in [1.807, 2.05) is 0 Å². The summed E-state index contributed by atoms with van der Waals surface area (Å²) in [5, 5.41) is 7.94. The first-order valence-electron chi connectivity index (χ1n) is 9.34. The summed E-state index contributed by atoms with van der Waals surface area (Å²) in [6.45, 7) is 3.72. The molecule has 2 heteroatoms. The molecule has 20 heavy (non-hydrogen) atoms. The Morgan fingerprint density at radius 3 is 2.20 bits per heavy atom. The third-order valence-corrected chi connectivity index (χ3v) is 6.22. The van der Waals surface area contributed by atoms with Gasteiger partial charge in [0.2, 0.25) is 0 Å². The fourth-order valence-electron chi connectivity index (χ4n) is 4.93. The lowest BCUT2D eigenvalue weighted by atomic mass is 9.76. The molecule has 5 atom stereocenters. The Kier molecular flexibility index (Phi) is 5.39. The highest BCUT2D eigenvalue weighted by molar-refractivity contribution is 4.93. The lowest BCUT2D eigenvalue weighted by Crippen LogP contribution is -2.54. The Labute approximate surface area is 125 Å². The SMILES string of the molecule is CC1CCCCC1NC1CCCCC1C1CCCCN1. The minimum Gasteiger partial charge on any atom is -0.314 e. The van der Waals surface area contributed by atoms with E-state index in [0.717, 1.165) is 30.0 Å². The summed E-state index contributed by atoms with van der Waals surface area (Å²) in [6.07, 6.45) is 15.8. The second-order valence-electron chi connectivity index (χ2n) is 7.65. The third kappa shape index (κ3) is 3.57. The van der Waals surface area contributed by atoms with Crippen LogP contribution in [0.5, 0.6) is 0 Å². The van der Waals surface area contributed by atoms with Gasteiger partial charge in [0, 0.05) is 18.1 Å². The summed E-state index contributed by atoms with van der Waals surface area (Å²) in [5.74, 6) is 1.80. The van der Waals surface area contributed by atoms with Gasteiger partial charge in [-0.2, -0.15) is 0 Å². The summed E-state index contributed by atoms with van der Waals surface area (Å²) in [7, 11) is 0. The van der Waals surface area contributed by atoms with Crippen LogP contribution in [0.4, 0.5) is 0 Å². The Morgan fingerprint density at radius 1 is 0.750 bits per heavy atom. The van der Waals surface area contributed by atoms with E-state index in [1.54, 1.807) is 0 Å². The largest absolute Gasteiger partial charge is 0.314 e. The molecule has 2 N–H and O–H groups in total. The summed E-state index contributed by atoms with van der Waals surface area (Å²) < 4.78 is 0. The average Bonchev–Trinajstić information content (AvgIpc) is 2.51. The molecule has 0 aromatic heterocycles. The molecule has 1 aliphatic heterocycles. The van der Waals surface area contributed by atoms with E-state index in [9.17, 15) is 0 Å². The first-order chi connectivity index (χ1) is 9.84. The minimum absolute atomic E-state index is 0.796. The van der Waals surface area contributed by atoms with Crippen molar-refractivity contribution in [3.05, 3.63) is 0 Å². The van der Waals surface area contributed by atoms with E-state index in [4.69, 9.17) is 0 Å². The highest BCUT2D eigenvalue weighted by atomic mass is 15.0. The molecule has 3 aliphatic rings. The molecule has 2 nitrogen and oxygen atoms in total. The van der Waals surface area contributed by atoms with Crippen LogP contribution in [0.15, 0.2) is 0 Å². The molecular weight excluding hydrogens is 244 g/mol. The van der Waals surface area contributed by atoms with Gasteiger partial charge in [-0.3, -0.25) is 0 Å². The zero-order valence-corrected chi connectivity index (χ0v) is 13.4. The van der Waals surface area contributed by atoms with E-state index >= 15 is 0 Å². The van der Waals surface area contributed by atoms with Crippen LogP contribution in [0.2, 0.25) is 0 Å². The zero-order chi connectivity index (χ0) is 13.8. The molecule has 0 bridgehead atoms.